The second-order valence-corrected chi connectivity index (χ2v) is 5.37. The predicted molar refractivity (Wildman–Crippen MR) is 78.5 cm³/mol. The second-order valence-electron chi connectivity index (χ2n) is 5.37. The topological polar surface area (TPSA) is 68.5 Å². The largest absolute Gasteiger partial charge is 0.384 e. The smallest absolute Gasteiger partial charge is 0.253 e. The van der Waals surface area contributed by atoms with Crippen LogP contribution in [0.3, 0.4) is 0 Å². The summed E-state index contributed by atoms with van der Waals surface area (Å²) in [5.41, 5.74) is 7.24. The number of nitrogens with zero attached hydrogens (tertiary/aromatic N) is 2. The van der Waals surface area contributed by atoms with E-state index in [0.717, 1.165) is 44.7 Å². The molecule has 0 aromatic carbocycles. The Labute approximate surface area is 120 Å². The molecule has 0 atom stereocenters. The molecule has 20 heavy (non-hydrogen) atoms. The highest BCUT2D eigenvalue weighted by Crippen LogP contribution is 2.17. The third-order valence-corrected chi connectivity index (χ3v) is 3.73. The SMILES string of the molecule is CCc1cc(C(=O)N(C)CC2CCOCC2)cc(N)n1. The van der Waals surface area contributed by atoms with Crippen LogP contribution in [0, 0.1) is 5.92 Å². The highest BCUT2D eigenvalue weighted by Gasteiger charge is 2.20. The number of carbonyl (C=O) groups excluding carboxylic acids is 1. The molecule has 0 aliphatic carbocycles. The van der Waals surface area contributed by atoms with Gasteiger partial charge in [-0.15, -0.1) is 0 Å². The molecular formula is C15H23N3O2. The fraction of sp³-hybridized carbons (Fsp3) is 0.600. The number of nitrogens with two attached hydrogens (primary N) is 1. The fourth-order valence-electron chi connectivity index (χ4n) is 2.54. The van der Waals surface area contributed by atoms with Crippen molar-refractivity contribution in [3.8, 4) is 0 Å². The molecule has 0 unspecified atom stereocenters. The molecule has 0 radical (unpaired) electrons. The van der Waals surface area contributed by atoms with Crippen LogP contribution >= 0.6 is 0 Å². The molecule has 1 aliphatic rings. The molecule has 1 aliphatic heterocycles. The summed E-state index contributed by atoms with van der Waals surface area (Å²) in [6.45, 7) is 4.37. The lowest BCUT2D eigenvalue weighted by atomic mass is 9.99. The van der Waals surface area contributed by atoms with Crippen LogP contribution in [0.5, 0.6) is 0 Å². The lowest BCUT2D eigenvalue weighted by molar-refractivity contribution is 0.0497. The van der Waals surface area contributed by atoms with Crippen LogP contribution in [0.4, 0.5) is 5.82 Å². The maximum Gasteiger partial charge on any atom is 0.253 e. The quantitative estimate of drug-likeness (QED) is 0.910. The highest BCUT2D eigenvalue weighted by molar-refractivity contribution is 5.94. The molecule has 5 nitrogen and oxygen atoms in total. The first kappa shape index (κ1) is 14.8. The lowest BCUT2D eigenvalue weighted by Crippen LogP contribution is -2.34. The summed E-state index contributed by atoms with van der Waals surface area (Å²) >= 11 is 0. The van der Waals surface area contributed by atoms with Crippen molar-refractivity contribution in [2.24, 2.45) is 5.92 Å². The number of amides is 1. The predicted octanol–water partition coefficient (Wildman–Crippen LogP) is 1.72. The van der Waals surface area contributed by atoms with Crippen LogP contribution in [-0.4, -0.2) is 42.6 Å². The van der Waals surface area contributed by atoms with Gasteiger partial charge >= 0.3 is 0 Å². The number of nitrogen functional groups attached to an aromatic ring is 1. The minimum atomic E-state index is 0.0142. The van der Waals surface area contributed by atoms with E-state index in [-0.39, 0.29) is 5.91 Å². The van der Waals surface area contributed by atoms with E-state index in [0.29, 0.717) is 17.3 Å². The lowest BCUT2D eigenvalue weighted by Gasteiger charge is -2.27. The molecule has 110 valence electrons. The maximum absolute atomic E-state index is 12.5. The summed E-state index contributed by atoms with van der Waals surface area (Å²) in [7, 11) is 1.85. The van der Waals surface area contributed by atoms with E-state index in [9.17, 15) is 4.79 Å². The van der Waals surface area contributed by atoms with Crippen molar-refractivity contribution in [2.75, 3.05) is 32.5 Å². The van der Waals surface area contributed by atoms with E-state index in [4.69, 9.17) is 10.5 Å². The van der Waals surface area contributed by atoms with Gasteiger partial charge in [-0.05, 0) is 37.3 Å². The van der Waals surface area contributed by atoms with Gasteiger partial charge in [0.15, 0.2) is 0 Å². The normalized spacial score (nSPS) is 16.1. The summed E-state index contributed by atoms with van der Waals surface area (Å²) < 4.78 is 5.34. The van der Waals surface area contributed by atoms with Gasteiger partial charge in [-0.1, -0.05) is 6.92 Å². The van der Waals surface area contributed by atoms with Crippen molar-refractivity contribution in [2.45, 2.75) is 26.2 Å². The van der Waals surface area contributed by atoms with Crippen molar-refractivity contribution in [1.82, 2.24) is 9.88 Å². The van der Waals surface area contributed by atoms with Gasteiger partial charge in [0.2, 0.25) is 0 Å². The Morgan fingerprint density at radius 3 is 2.80 bits per heavy atom. The molecule has 5 heteroatoms. The molecule has 0 bridgehead atoms. The summed E-state index contributed by atoms with van der Waals surface area (Å²) in [5, 5.41) is 0. The number of aryl methyl sites for hydroxylation is 1. The summed E-state index contributed by atoms with van der Waals surface area (Å²) in [5.74, 6) is 0.954. The average molecular weight is 277 g/mol. The molecule has 1 amide bonds. The number of hydrogen-bond acceptors (Lipinski definition) is 4. The summed E-state index contributed by atoms with van der Waals surface area (Å²) in [6.07, 6.45) is 2.82. The van der Waals surface area contributed by atoms with E-state index >= 15 is 0 Å². The van der Waals surface area contributed by atoms with E-state index in [1.165, 1.54) is 0 Å². The first-order valence-electron chi connectivity index (χ1n) is 7.19. The molecule has 2 rings (SSSR count). The van der Waals surface area contributed by atoms with E-state index in [1.54, 1.807) is 11.0 Å². The van der Waals surface area contributed by atoms with Gasteiger partial charge in [0.25, 0.3) is 5.91 Å². The van der Waals surface area contributed by atoms with Crippen molar-refractivity contribution in [3.05, 3.63) is 23.4 Å². The molecule has 0 spiro atoms. The third-order valence-electron chi connectivity index (χ3n) is 3.73. The molecule has 0 saturated carbocycles. The van der Waals surface area contributed by atoms with Crippen LogP contribution in [0.1, 0.15) is 35.8 Å². The van der Waals surface area contributed by atoms with Crippen LogP contribution < -0.4 is 5.73 Å². The van der Waals surface area contributed by atoms with E-state index in [1.807, 2.05) is 20.0 Å². The zero-order valence-corrected chi connectivity index (χ0v) is 12.3. The number of hydrogen-bond donors (Lipinski definition) is 1. The van der Waals surface area contributed by atoms with Crippen molar-refractivity contribution in [1.29, 1.82) is 0 Å². The molecule has 2 N–H and O–H groups in total. The minimum absolute atomic E-state index is 0.0142. The molecular weight excluding hydrogens is 254 g/mol. The molecule has 1 fully saturated rings. The second kappa shape index (κ2) is 6.70. The fourth-order valence-corrected chi connectivity index (χ4v) is 2.54. The summed E-state index contributed by atoms with van der Waals surface area (Å²) in [4.78, 5) is 18.4. The first-order chi connectivity index (χ1) is 9.60. The zero-order valence-electron chi connectivity index (χ0n) is 12.3. The number of ether oxygens (including phenoxy) is 1. The van der Waals surface area contributed by atoms with Gasteiger partial charge in [-0.25, -0.2) is 4.98 Å². The first-order valence-corrected chi connectivity index (χ1v) is 7.19. The van der Waals surface area contributed by atoms with Gasteiger partial charge in [0.05, 0.1) is 0 Å². The van der Waals surface area contributed by atoms with Crippen LogP contribution in [0.2, 0.25) is 0 Å². The van der Waals surface area contributed by atoms with Crippen LogP contribution in [0.25, 0.3) is 0 Å². The standard InChI is InChI=1S/C15H23N3O2/c1-3-13-8-12(9-14(16)17-13)15(19)18(2)10-11-4-6-20-7-5-11/h8-9,11H,3-7,10H2,1-2H3,(H2,16,17). The molecule has 1 aromatic heterocycles. The highest BCUT2D eigenvalue weighted by atomic mass is 16.5. The van der Waals surface area contributed by atoms with E-state index in [2.05, 4.69) is 4.98 Å². The average Bonchev–Trinajstić information content (AvgIpc) is 2.46. The summed E-state index contributed by atoms with van der Waals surface area (Å²) in [6, 6.07) is 3.49. The number of rotatable bonds is 4. The van der Waals surface area contributed by atoms with Gasteiger partial charge in [-0.3, -0.25) is 4.79 Å². The van der Waals surface area contributed by atoms with Gasteiger partial charge < -0.3 is 15.4 Å². The Bertz CT molecular complexity index is 470. The number of carbonyl (C=O) groups is 1. The Morgan fingerprint density at radius 2 is 2.15 bits per heavy atom. The van der Waals surface area contributed by atoms with Crippen molar-refractivity contribution < 1.29 is 9.53 Å². The Kier molecular flexibility index (Phi) is 4.95. The van der Waals surface area contributed by atoms with Crippen LogP contribution in [0.15, 0.2) is 12.1 Å². The van der Waals surface area contributed by atoms with E-state index < -0.39 is 0 Å². The van der Waals surface area contributed by atoms with Crippen LogP contribution in [-0.2, 0) is 11.2 Å². The molecule has 1 saturated heterocycles. The number of anilines is 1. The van der Waals surface area contributed by atoms with Gasteiger partial charge in [-0.2, -0.15) is 0 Å². The Balaban J connectivity index is 2.03. The number of pyridine rings is 1. The van der Waals surface area contributed by atoms with Crippen molar-refractivity contribution >= 4 is 11.7 Å². The molecule has 1 aromatic rings. The Hall–Kier alpha value is -1.62. The monoisotopic (exact) mass is 277 g/mol. The maximum atomic E-state index is 12.5. The minimum Gasteiger partial charge on any atom is -0.384 e. The molecule has 2 heterocycles. The van der Waals surface area contributed by atoms with Gasteiger partial charge in [0.1, 0.15) is 5.82 Å². The van der Waals surface area contributed by atoms with Crippen molar-refractivity contribution in [3.63, 3.8) is 0 Å². The number of aromatic nitrogens is 1. The Morgan fingerprint density at radius 1 is 1.45 bits per heavy atom. The zero-order chi connectivity index (χ0) is 14.5. The third kappa shape index (κ3) is 3.70. The van der Waals surface area contributed by atoms with Gasteiger partial charge in [0, 0.05) is 38.1 Å².